The van der Waals surface area contributed by atoms with Crippen LogP contribution in [0.1, 0.15) is 10.5 Å². The van der Waals surface area contributed by atoms with E-state index in [0.717, 1.165) is 17.6 Å². The molecule has 9 nitrogen and oxygen atoms in total. The van der Waals surface area contributed by atoms with E-state index < -0.39 is 30.8 Å². The monoisotopic (exact) mass is 329 g/mol. The van der Waals surface area contributed by atoms with Gasteiger partial charge in [0.05, 0.1) is 10.4 Å². The maximum Gasteiger partial charge on any atom is 0.356 e. The molecule has 0 aliphatic heterocycles. The van der Waals surface area contributed by atoms with Gasteiger partial charge < -0.3 is 5.11 Å². The van der Waals surface area contributed by atoms with Gasteiger partial charge in [0.1, 0.15) is 0 Å². The minimum Gasteiger partial charge on any atom is -0.476 e. The number of carboxylic acid groups (broad SMARTS) is 1. The first kappa shape index (κ1) is 14.9. The maximum absolute atomic E-state index is 12.1. The molecule has 0 unspecified atom stereocenters. The molecule has 1 aromatic carbocycles. The number of non-ortho nitro benzene ring substituents is 1. The first-order valence-corrected chi connectivity index (χ1v) is 7.61. The average Bonchev–Trinajstić information content (AvgIpc) is 2.89. The molecule has 0 radical (unpaired) electrons. The Morgan fingerprint density at radius 3 is 2.48 bits per heavy atom. The molecule has 2 N–H and O–H groups in total. The fourth-order valence-corrected chi connectivity index (χ4v) is 3.62. The predicted octanol–water partition coefficient (Wildman–Crippen LogP) is 1.55. The molecule has 0 aliphatic carbocycles. The Labute approximate surface area is 122 Å². The molecule has 1 aromatic heterocycles. The Morgan fingerprint density at radius 1 is 1.33 bits per heavy atom. The molecule has 110 valence electrons. The predicted molar refractivity (Wildman–Crippen MR) is 73.0 cm³/mol. The summed E-state index contributed by atoms with van der Waals surface area (Å²) in [7, 11) is -4.12. The molecule has 2 rings (SSSR count). The van der Waals surface area contributed by atoms with Gasteiger partial charge in [0, 0.05) is 17.8 Å². The van der Waals surface area contributed by atoms with Crippen molar-refractivity contribution in [2.75, 3.05) is 4.72 Å². The molecule has 0 bridgehead atoms. The van der Waals surface area contributed by atoms with Crippen LogP contribution in [-0.2, 0) is 10.0 Å². The molecule has 2 aromatic rings. The van der Waals surface area contributed by atoms with Crippen LogP contribution in [0.5, 0.6) is 0 Å². The molecule has 0 aliphatic rings. The van der Waals surface area contributed by atoms with Gasteiger partial charge >= 0.3 is 5.97 Å². The number of nitrogens with one attached hydrogen (secondary N) is 1. The van der Waals surface area contributed by atoms with E-state index in [1.165, 1.54) is 12.1 Å². The Hall–Kier alpha value is -2.53. The lowest BCUT2D eigenvalue weighted by molar-refractivity contribution is -0.384. The molecule has 1 heterocycles. The van der Waals surface area contributed by atoms with Crippen molar-refractivity contribution in [2.24, 2.45) is 0 Å². The van der Waals surface area contributed by atoms with Crippen molar-refractivity contribution in [2.45, 2.75) is 4.21 Å². The number of hydrogen-bond acceptors (Lipinski definition) is 7. The van der Waals surface area contributed by atoms with Gasteiger partial charge in [0.15, 0.2) is 9.90 Å². The highest BCUT2D eigenvalue weighted by Gasteiger charge is 2.25. The molecule has 0 amide bonds. The molecule has 21 heavy (non-hydrogen) atoms. The number of nitro groups is 1. The van der Waals surface area contributed by atoms with Gasteiger partial charge in [-0.05, 0) is 12.1 Å². The smallest absolute Gasteiger partial charge is 0.356 e. The van der Waals surface area contributed by atoms with Gasteiger partial charge in [0.25, 0.3) is 15.7 Å². The molecule has 0 spiro atoms. The van der Waals surface area contributed by atoms with Crippen LogP contribution in [0.2, 0.25) is 0 Å². The summed E-state index contributed by atoms with van der Waals surface area (Å²) in [6.45, 7) is 0. The van der Waals surface area contributed by atoms with Crippen molar-refractivity contribution < 1.29 is 23.2 Å². The highest BCUT2D eigenvalue weighted by atomic mass is 32.2. The van der Waals surface area contributed by atoms with Crippen LogP contribution in [0.25, 0.3) is 0 Å². The summed E-state index contributed by atoms with van der Waals surface area (Å²) in [6, 6.07) is 4.67. The zero-order valence-electron chi connectivity index (χ0n) is 10.1. The van der Waals surface area contributed by atoms with Crippen LogP contribution in [0.3, 0.4) is 0 Å². The molecule has 0 saturated heterocycles. The van der Waals surface area contributed by atoms with Crippen molar-refractivity contribution >= 4 is 38.7 Å². The van der Waals surface area contributed by atoms with E-state index in [1.807, 2.05) is 0 Å². The number of carbonyl (C=O) groups is 1. The minimum atomic E-state index is -4.12. The van der Waals surface area contributed by atoms with E-state index in [1.54, 1.807) is 0 Å². The fraction of sp³-hybridized carbons (Fsp3) is 0. The summed E-state index contributed by atoms with van der Waals surface area (Å²) in [4.78, 5) is 24.2. The molecule has 0 atom stereocenters. The summed E-state index contributed by atoms with van der Waals surface area (Å²) in [5.41, 5.74) is 0.412. The number of carboxylic acids is 1. The number of aromatic nitrogens is 1. The van der Waals surface area contributed by atoms with Crippen molar-refractivity contribution in [3.8, 4) is 0 Å². The van der Waals surface area contributed by atoms with Crippen molar-refractivity contribution in [1.29, 1.82) is 0 Å². The third kappa shape index (κ3) is 3.14. The summed E-state index contributed by atoms with van der Waals surface area (Å²) < 4.78 is 25.8. The Morgan fingerprint density at radius 2 is 1.95 bits per heavy atom. The van der Waals surface area contributed by atoms with Gasteiger partial charge in [0.2, 0.25) is 0 Å². The number of nitro benzene ring substituents is 1. The average molecular weight is 329 g/mol. The lowest BCUT2D eigenvalue weighted by Crippen LogP contribution is -2.15. The highest BCUT2D eigenvalue weighted by Crippen LogP contribution is 2.24. The lowest BCUT2D eigenvalue weighted by atomic mass is 10.3. The SMILES string of the molecule is O=C(O)c1ncsc1S(=O)(=O)Nc1ccc([N+](=O)[O-])cc1. The van der Waals surface area contributed by atoms with Crippen LogP contribution in [0, 0.1) is 10.1 Å². The number of sulfonamides is 1. The van der Waals surface area contributed by atoms with Gasteiger partial charge in [-0.25, -0.2) is 18.2 Å². The number of hydrogen-bond donors (Lipinski definition) is 2. The fourth-order valence-electron chi connectivity index (χ4n) is 1.42. The Bertz CT molecular complexity index is 796. The number of rotatable bonds is 5. The second-order valence-corrected chi connectivity index (χ2v) is 6.44. The number of benzene rings is 1. The molecule has 0 fully saturated rings. The lowest BCUT2D eigenvalue weighted by Gasteiger charge is -2.06. The third-order valence-corrected chi connectivity index (χ3v) is 5.06. The Kier molecular flexibility index (Phi) is 3.86. The standard InChI is InChI=1S/C10H7N3O6S2/c14-9(15)8-10(20-5-11-8)21(18,19)12-6-1-3-7(4-2-6)13(16)17/h1-5,12H,(H,14,15). The topological polar surface area (TPSA) is 140 Å². The van der Waals surface area contributed by atoms with E-state index in [9.17, 15) is 23.3 Å². The quantitative estimate of drug-likeness (QED) is 0.626. The molecule has 0 saturated carbocycles. The number of nitrogens with zero attached hydrogens (tertiary/aromatic N) is 2. The third-order valence-electron chi connectivity index (χ3n) is 2.31. The van der Waals surface area contributed by atoms with Crippen molar-refractivity contribution in [3.63, 3.8) is 0 Å². The normalized spacial score (nSPS) is 11.0. The van der Waals surface area contributed by atoms with Crippen LogP contribution in [0.15, 0.2) is 34.0 Å². The first-order valence-electron chi connectivity index (χ1n) is 5.25. The van der Waals surface area contributed by atoms with E-state index in [0.29, 0.717) is 11.3 Å². The van der Waals surface area contributed by atoms with Gasteiger partial charge in [-0.15, -0.1) is 11.3 Å². The number of aromatic carboxylic acids is 1. The summed E-state index contributed by atoms with van der Waals surface area (Å²) >= 11 is 0.661. The minimum absolute atomic E-state index is 0.0744. The van der Waals surface area contributed by atoms with Crippen molar-refractivity contribution in [3.05, 3.63) is 45.6 Å². The first-order chi connectivity index (χ1) is 9.81. The zero-order chi connectivity index (χ0) is 15.6. The zero-order valence-corrected chi connectivity index (χ0v) is 11.7. The molecular formula is C10H7N3O6S2. The van der Waals surface area contributed by atoms with E-state index >= 15 is 0 Å². The highest BCUT2D eigenvalue weighted by molar-refractivity contribution is 7.94. The van der Waals surface area contributed by atoms with E-state index in [2.05, 4.69) is 9.71 Å². The molecular weight excluding hydrogens is 322 g/mol. The summed E-state index contributed by atoms with van der Waals surface area (Å²) in [5, 5.41) is 19.4. The van der Waals surface area contributed by atoms with Crippen LogP contribution >= 0.6 is 11.3 Å². The van der Waals surface area contributed by atoms with Crippen molar-refractivity contribution in [1.82, 2.24) is 4.98 Å². The summed E-state index contributed by atoms with van der Waals surface area (Å²) in [5.74, 6) is -1.46. The van der Waals surface area contributed by atoms with Gasteiger partial charge in [-0.2, -0.15) is 0 Å². The number of anilines is 1. The van der Waals surface area contributed by atoms with E-state index in [-0.39, 0.29) is 11.4 Å². The number of thiazole rings is 1. The largest absolute Gasteiger partial charge is 0.476 e. The van der Waals surface area contributed by atoms with Gasteiger partial charge in [-0.3, -0.25) is 14.8 Å². The van der Waals surface area contributed by atoms with Crippen LogP contribution in [-0.4, -0.2) is 29.4 Å². The van der Waals surface area contributed by atoms with Crippen LogP contribution < -0.4 is 4.72 Å². The Balaban J connectivity index is 2.31. The van der Waals surface area contributed by atoms with E-state index in [4.69, 9.17) is 5.11 Å². The second kappa shape index (κ2) is 5.46. The second-order valence-electron chi connectivity index (χ2n) is 3.70. The summed E-state index contributed by atoms with van der Waals surface area (Å²) in [6.07, 6.45) is 0. The maximum atomic E-state index is 12.1. The van der Waals surface area contributed by atoms with Crippen LogP contribution in [0.4, 0.5) is 11.4 Å². The molecule has 11 heteroatoms. The van der Waals surface area contributed by atoms with Gasteiger partial charge in [-0.1, -0.05) is 0 Å².